The second-order valence-electron chi connectivity index (χ2n) is 6.03. The summed E-state index contributed by atoms with van der Waals surface area (Å²) < 4.78 is 0. The fourth-order valence-corrected chi connectivity index (χ4v) is 2.91. The van der Waals surface area contributed by atoms with Gasteiger partial charge in [-0.3, -0.25) is 4.79 Å². The third-order valence-corrected chi connectivity index (χ3v) is 4.31. The zero-order chi connectivity index (χ0) is 15.3. The summed E-state index contributed by atoms with van der Waals surface area (Å²) in [7, 11) is 0. The molecule has 1 heterocycles. The van der Waals surface area contributed by atoms with Gasteiger partial charge in [0.25, 0.3) is 0 Å². The Morgan fingerprint density at radius 1 is 1.35 bits per heavy atom. The second kappa shape index (κ2) is 6.95. The predicted octanol–water partition coefficient (Wildman–Crippen LogP) is 2.80. The second-order valence-corrected chi connectivity index (χ2v) is 6.03. The molecule has 5 heteroatoms. The molecule has 0 bridgehead atoms. The molecule has 0 aliphatic carbocycles. The van der Waals surface area contributed by atoms with Gasteiger partial charge in [-0.15, -0.1) is 0 Å². The molecule has 1 unspecified atom stereocenters. The van der Waals surface area contributed by atoms with Crippen molar-refractivity contribution in [3.8, 4) is 0 Å². The van der Waals surface area contributed by atoms with Crippen molar-refractivity contribution in [1.29, 1.82) is 0 Å². The van der Waals surface area contributed by atoms with Gasteiger partial charge in [-0.1, -0.05) is 13.8 Å². The van der Waals surface area contributed by atoms with Crippen molar-refractivity contribution >= 4 is 12.0 Å². The van der Waals surface area contributed by atoms with Crippen molar-refractivity contribution in [1.82, 2.24) is 9.80 Å². The molecule has 0 radical (unpaired) electrons. The van der Waals surface area contributed by atoms with Crippen molar-refractivity contribution in [3.05, 3.63) is 0 Å². The van der Waals surface area contributed by atoms with Gasteiger partial charge in [0.15, 0.2) is 0 Å². The number of hydrogen-bond acceptors (Lipinski definition) is 2. The summed E-state index contributed by atoms with van der Waals surface area (Å²) in [6, 6.07) is 0.130. The molecule has 5 nitrogen and oxygen atoms in total. The van der Waals surface area contributed by atoms with Crippen molar-refractivity contribution < 1.29 is 14.7 Å². The van der Waals surface area contributed by atoms with E-state index in [1.807, 2.05) is 32.6 Å². The Balaban J connectivity index is 2.85. The number of aliphatic carboxylic acids is 1. The van der Waals surface area contributed by atoms with E-state index < -0.39 is 11.4 Å². The van der Waals surface area contributed by atoms with E-state index in [4.69, 9.17) is 0 Å². The summed E-state index contributed by atoms with van der Waals surface area (Å²) in [5.74, 6) is -0.774. The van der Waals surface area contributed by atoms with Gasteiger partial charge in [0.2, 0.25) is 0 Å². The SMILES string of the molecule is CCCN(C(=O)N1CCCC(CC)(C(=O)O)C1)C(C)C. The molecule has 1 atom stereocenters. The number of likely N-dealkylation sites (tertiary alicyclic amines) is 1. The summed E-state index contributed by atoms with van der Waals surface area (Å²) in [4.78, 5) is 27.7. The number of amides is 2. The third kappa shape index (κ3) is 3.44. The molecule has 0 aromatic heterocycles. The molecule has 0 aromatic rings. The van der Waals surface area contributed by atoms with Crippen LogP contribution in [0.2, 0.25) is 0 Å². The van der Waals surface area contributed by atoms with E-state index in [-0.39, 0.29) is 12.1 Å². The van der Waals surface area contributed by atoms with Crippen LogP contribution in [0.15, 0.2) is 0 Å². The first-order valence-corrected chi connectivity index (χ1v) is 7.67. The summed E-state index contributed by atoms with van der Waals surface area (Å²) in [5, 5.41) is 9.49. The molecule has 1 fully saturated rings. The first-order chi connectivity index (χ1) is 9.38. The molecular formula is C15H28N2O3. The summed E-state index contributed by atoms with van der Waals surface area (Å²) >= 11 is 0. The van der Waals surface area contributed by atoms with Gasteiger partial charge in [-0.25, -0.2) is 4.79 Å². The summed E-state index contributed by atoms with van der Waals surface area (Å²) in [5.41, 5.74) is -0.761. The fourth-order valence-electron chi connectivity index (χ4n) is 2.91. The Labute approximate surface area is 121 Å². The number of hydrogen-bond donors (Lipinski definition) is 1. The maximum Gasteiger partial charge on any atom is 0.320 e. The van der Waals surface area contributed by atoms with Gasteiger partial charge >= 0.3 is 12.0 Å². The molecule has 1 N–H and O–H groups in total. The minimum absolute atomic E-state index is 0.0133. The van der Waals surface area contributed by atoms with E-state index in [1.54, 1.807) is 4.90 Å². The molecule has 1 aliphatic heterocycles. The Hall–Kier alpha value is -1.26. The van der Waals surface area contributed by atoms with E-state index in [1.165, 1.54) is 0 Å². The molecular weight excluding hydrogens is 256 g/mol. The van der Waals surface area contributed by atoms with E-state index in [0.717, 1.165) is 19.4 Å². The smallest absolute Gasteiger partial charge is 0.320 e. The fraction of sp³-hybridized carbons (Fsp3) is 0.867. The maximum absolute atomic E-state index is 12.6. The molecule has 0 spiro atoms. The minimum atomic E-state index is -0.774. The van der Waals surface area contributed by atoms with Crippen molar-refractivity contribution in [2.75, 3.05) is 19.6 Å². The van der Waals surface area contributed by atoms with Crippen LogP contribution in [0, 0.1) is 5.41 Å². The molecule has 0 saturated carbocycles. The number of nitrogens with zero attached hydrogens (tertiary/aromatic N) is 2. The van der Waals surface area contributed by atoms with Crippen LogP contribution in [0.4, 0.5) is 4.79 Å². The molecule has 20 heavy (non-hydrogen) atoms. The highest BCUT2D eigenvalue weighted by Crippen LogP contribution is 2.34. The standard InChI is InChI=1S/C15H28N2O3/c1-5-9-17(12(3)4)14(20)16-10-7-8-15(6-2,11-16)13(18)19/h12H,5-11H2,1-4H3,(H,18,19). The molecule has 1 saturated heterocycles. The van der Waals surface area contributed by atoms with Gasteiger partial charge < -0.3 is 14.9 Å². The normalized spacial score (nSPS) is 22.9. The van der Waals surface area contributed by atoms with Crippen LogP contribution in [0.25, 0.3) is 0 Å². The lowest BCUT2D eigenvalue weighted by molar-refractivity contribution is -0.152. The lowest BCUT2D eigenvalue weighted by atomic mass is 9.78. The van der Waals surface area contributed by atoms with Crippen LogP contribution in [0.3, 0.4) is 0 Å². The molecule has 0 aromatic carbocycles. The number of urea groups is 1. The van der Waals surface area contributed by atoms with Crippen LogP contribution in [-0.2, 0) is 4.79 Å². The van der Waals surface area contributed by atoms with E-state index in [0.29, 0.717) is 25.9 Å². The predicted molar refractivity (Wildman–Crippen MR) is 78.7 cm³/mol. The highest BCUT2D eigenvalue weighted by molar-refractivity contribution is 5.79. The largest absolute Gasteiger partial charge is 0.481 e. The lowest BCUT2D eigenvalue weighted by Gasteiger charge is -2.42. The third-order valence-electron chi connectivity index (χ3n) is 4.31. The van der Waals surface area contributed by atoms with Gasteiger partial charge in [0.1, 0.15) is 0 Å². The number of rotatable bonds is 5. The van der Waals surface area contributed by atoms with Gasteiger partial charge in [-0.2, -0.15) is 0 Å². The van der Waals surface area contributed by atoms with Crippen LogP contribution < -0.4 is 0 Å². The highest BCUT2D eigenvalue weighted by atomic mass is 16.4. The molecule has 1 aliphatic rings. The first-order valence-electron chi connectivity index (χ1n) is 7.67. The Bertz CT molecular complexity index is 357. The minimum Gasteiger partial charge on any atom is -0.481 e. The van der Waals surface area contributed by atoms with Crippen LogP contribution in [-0.4, -0.2) is 52.6 Å². The Morgan fingerprint density at radius 2 is 2.00 bits per heavy atom. The number of piperidine rings is 1. The monoisotopic (exact) mass is 284 g/mol. The molecule has 116 valence electrons. The number of carboxylic acid groups (broad SMARTS) is 1. The van der Waals surface area contributed by atoms with E-state index in [2.05, 4.69) is 0 Å². The average molecular weight is 284 g/mol. The topological polar surface area (TPSA) is 60.9 Å². The first kappa shape index (κ1) is 16.8. The van der Waals surface area contributed by atoms with Gasteiger partial charge in [-0.05, 0) is 39.5 Å². The molecule has 2 amide bonds. The number of carboxylic acids is 1. The average Bonchev–Trinajstić information content (AvgIpc) is 2.43. The van der Waals surface area contributed by atoms with Crippen molar-refractivity contribution in [3.63, 3.8) is 0 Å². The van der Waals surface area contributed by atoms with Crippen molar-refractivity contribution in [2.24, 2.45) is 5.41 Å². The van der Waals surface area contributed by atoms with Gasteiger partial charge in [0.05, 0.1) is 5.41 Å². The van der Waals surface area contributed by atoms with E-state index in [9.17, 15) is 14.7 Å². The van der Waals surface area contributed by atoms with Gasteiger partial charge in [0, 0.05) is 25.7 Å². The lowest BCUT2D eigenvalue weighted by Crippen LogP contribution is -2.54. The summed E-state index contributed by atoms with van der Waals surface area (Å²) in [6.45, 7) is 9.68. The number of carbonyl (C=O) groups is 2. The van der Waals surface area contributed by atoms with Crippen molar-refractivity contribution in [2.45, 2.75) is 59.4 Å². The maximum atomic E-state index is 12.6. The van der Waals surface area contributed by atoms with E-state index >= 15 is 0 Å². The zero-order valence-corrected chi connectivity index (χ0v) is 13.2. The van der Waals surface area contributed by atoms with Crippen LogP contribution >= 0.6 is 0 Å². The van der Waals surface area contributed by atoms with Crippen LogP contribution in [0.1, 0.15) is 53.4 Å². The number of carbonyl (C=O) groups excluding carboxylic acids is 1. The Kier molecular flexibility index (Phi) is 5.84. The zero-order valence-electron chi connectivity index (χ0n) is 13.2. The summed E-state index contributed by atoms with van der Waals surface area (Å²) in [6.07, 6.45) is 2.92. The van der Waals surface area contributed by atoms with Crippen LogP contribution in [0.5, 0.6) is 0 Å². The Morgan fingerprint density at radius 3 is 2.45 bits per heavy atom. The highest BCUT2D eigenvalue weighted by Gasteiger charge is 2.42. The quantitative estimate of drug-likeness (QED) is 0.844. The molecule has 1 rings (SSSR count).